The fourth-order valence-corrected chi connectivity index (χ4v) is 1.09. The van der Waals surface area contributed by atoms with Gasteiger partial charge in [0, 0.05) is 12.1 Å². The molecule has 0 aliphatic carbocycles. The maximum Gasteiger partial charge on any atom is 0.108 e. The van der Waals surface area contributed by atoms with Crippen molar-refractivity contribution in [2.45, 2.75) is 5.88 Å². The number of alkyl halides is 1. The minimum Gasteiger partial charge on any atom is -0.256 e. The standard InChI is InChI=1S/C8H6Cl3N/c9-4-6-1-2-7(12-5-6)3-8(10)11/h1-3,5H,4H2. The molecule has 0 aliphatic heterocycles. The topological polar surface area (TPSA) is 12.9 Å². The van der Waals surface area contributed by atoms with E-state index in [0.29, 0.717) is 5.88 Å². The lowest BCUT2D eigenvalue weighted by atomic mass is 10.3. The maximum atomic E-state index is 5.58. The number of nitrogens with zero attached hydrogens (tertiary/aromatic N) is 1. The molecule has 0 fully saturated rings. The summed E-state index contributed by atoms with van der Waals surface area (Å²) in [5.74, 6) is 0.464. The molecule has 1 aromatic heterocycles. The number of hydrogen-bond donors (Lipinski definition) is 0. The Hall–Kier alpha value is -0.240. The summed E-state index contributed by atoms with van der Waals surface area (Å²) < 4.78 is 0.195. The van der Waals surface area contributed by atoms with Crippen molar-refractivity contribution in [2.75, 3.05) is 0 Å². The van der Waals surface area contributed by atoms with Crippen LogP contribution in [0.1, 0.15) is 11.3 Å². The Morgan fingerprint density at radius 3 is 2.58 bits per heavy atom. The van der Waals surface area contributed by atoms with Gasteiger partial charge in [-0.05, 0) is 17.7 Å². The van der Waals surface area contributed by atoms with Crippen LogP contribution in [0.4, 0.5) is 0 Å². The second kappa shape index (κ2) is 4.70. The van der Waals surface area contributed by atoms with Crippen molar-refractivity contribution in [3.05, 3.63) is 34.1 Å². The third kappa shape index (κ3) is 3.02. The van der Waals surface area contributed by atoms with E-state index in [-0.39, 0.29) is 4.49 Å². The fraction of sp³-hybridized carbons (Fsp3) is 0.125. The van der Waals surface area contributed by atoms with Crippen molar-refractivity contribution >= 4 is 40.9 Å². The van der Waals surface area contributed by atoms with Crippen molar-refractivity contribution in [3.63, 3.8) is 0 Å². The van der Waals surface area contributed by atoms with Gasteiger partial charge >= 0.3 is 0 Å². The Bertz CT molecular complexity index is 275. The van der Waals surface area contributed by atoms with E-state index in [0.717, 1.165) is 11.3 Å². The number of aromatic nitrogens is 1. The summed E-state index contributed by atoms with van der Waals surface area (Å²) in [7, 11) is 0. The second-order valence-electron chi connectivity index (χ2n) is 2.16. The Balaban J connectivity index is 2.85. The molecule has 0 radical (unpaired) electrons. The Morgan fingerprint density at radius 2 is 2.17 bits per heavy atom. The van der Waals surface area contributed by atoms with Gasteiger partial charge in [-0.25, -0.2) is 0 Å². The molecule has 0 saturated carbocycles. The summed E-state index contributed by atoms with van der Waals surface area (Å²) in [4.78, 5) is 4.06. The minimum atomic E-state index is 0.195. The van der Waals surface area contributed by atoms with Crippen molar-refractivity contribution in [2.24, 2.45) is 0 Å². The van der Waals surface area contributed by atoms with Crippen LogP contribution >= 0.6 is 34.8 Å². The van der Waals surface area contributed by atoms with Crippen LogP contribution in [0.25, 0.3) is 6.08 Å². The van der Waals surface area contributed by atoms with Gasteiger partial charge in [0.05, 0.1) is 5.69 Å². The summed E-state index contributed by atoms with van der Waals surface area (Å²) >= 11 is 16.5. The van der Waals surface area contributed by atoms with Gasteiger partial charge in [-0.3, -0.25) is 4.98 Å². The van der Waals surface area contributed by atoms with Crippen LogP contribution in [0.15, 0.2) is 22.8 Å². The lowest BCUT2D eigenvalue weighted by Gasteiger charge is -1.94. The van der Waals surface area contributed by atoms with Crippen LogP contribution in [0.3, 0.4) is 0 Å². The van der Waals surface area contributed by atoms with Gasteiger partial charge in [0.25, 0.3) is 0 Å². The van der Waals surface area contributed by atoms with Crippen molar-refractivity contribution < 1.29 is 0 Å². The third-order valence-electron chi connectivity index (χ3n) is 1.26. The smallest absolute Gasteiger partial charge is 0.108 e. The number of rotatable bonds is 2. The highest BCUT2D eigenvalue weighted by molar-refractivity contribution is 6.57. The van der Waals surface area contributed by atoms with Crippen LogP contribution in [0.2, 0.25) is 0 Å². The molecule has 1 rings (SSSR count). The molecule has 0 atom stereocenters. The lowest BCUT2D eigenvalue weighted by Crippen LogP contribution is -1.83. The van der Waals surface area contributed by atoms with Gasteiger partial charge in [-0.15, -0.1) is 11.6 Å². The molecular weight excluding hydrogens is 216 g/mol. The molecule has 0 spiro atoms. The van der Waals surface area contributed by atoms with Crippen LogP contribution in [0.5, 0.6) is 0 Å². The van der Waals surface area contributed by atoms with E-state index in [1.54, 1.807) is 12.3 Å². The Labute approximate surface area is 86.0 Å². The van der Waals surface area contributed by atoms with E-state index in [9.17, 15) is 0 Å². The SMILES string of the molecule is ClCc1ccc(C=C(Cl)Cl)nc1. The summed E-state index contributed by atoms with van der Waals surface area (Å²) in [6.45, 7) is 0. The van der Waals surface area contributed by atoms with E-state index in [1.165, 1.54) is 0 Å². The van der Waals surface area contributed by atoms with Crippen LogP contribution in [0, 0.1) is 0 Å². The van der Waals surface area contributed by atoms with Crippen LogP contribution in [-0.4, -0.2) is 4.98 Å². The summed E-state index contributed by atoms with van der Waals surface area (Å²) in [5, 5.41) is 0. The quantitative estimate of drug-likeness (QED) is 0.697. The highest BCUT2D eigenvalue weighted by Crippen LogP contribution is 2.12. The molecule has 1 nitrogen and oxygen atoms in total. The summed E-state index contributed by atoms with van der Waals surface area (Å²) in [5.41, 5.74) is 1.70. The van der Waals surface area contributed by atoms with Gasteiger partial charge in [0.1, 0.15) is 4.49 Å². The van der Waals surface area contributed by atoms with Crippen LogP contribution in [-0.2, 0) is 5.88 Å². The molecule has 0 aliphatic rings. The maximum absolute atomic E-state index is 5.58. The monoisotopic (exact) mass is 221 g/mol. The number of halogens is 3. The van der Waals surface area contributed by atoms with E-state index in [2.05, 4.69) is 4.98 Å². The fourth-order valence-electron chi connectivity index (χ4n) is 0.712. The van der Waals surface area contributed by atoms with Crippen molar-refractivity contribution in [1.29, 1.82) is 0 Å². The average molecular weight is 223 g/mol. The molecule has 64 valence electrons. The normalized spacial score (nSPS) is 9.58. The molecule has 12 heavy (non-hydrogen) atoms. The summed E-state index contributed by atoms with van der Waals surface area (Å²) in [6.07, 6.45) is 3.26. The predicted octanol–water partition coefficient (Wildman–Crippen LogP) is 3.60. The Kier molecular flexibility index (Phi) is 3.86. The van der Waals surface area contributed by atoms with E-state index in [1.807, 2.05) is 12.1 Å². The largest absolute Gasteiger partial charge is 0.256 e. The first kappa shape index (κ1) is 9.85. The minimum absolute atomic E-state index is 0.195. The molecule has 0 amide bonds. The molecular formula is C8H6Cl3N. The molecule has 0 unspecified atom stereocenters. The second-order valence-corrected chi connectivity index (χ2v) is 3.43. The highest BCUT2D eigenvalue weighted by Gasteiger charge is 1.92. The van der Waals surface area contributed by atoms with Gasteiger partial charge in [0.15, 0.2) is 0 Å². The number of hydrogen-bond acceptors (Lipinski definition) is 1. The van der Waals surface area contributed by atoms with Crippen LogP contribution < -0.4 is 0 Å². The Morgan fingerprint density at radius 1 is 1.42 bits per heavy atom. The van der Waals surface area contributed by atoms with Gasteiger partial charge in [-0.2, -0.15) is 0 Å². The molecule has 1 heterocycles. The van der Waals surface area contributed by atoms with Crippen molar-refractivity contribution in [1.82, 2.24) is 4.98 Å². The van der Waals surface area contributed by atoms with E-state index in [4.69, 9.17) is 34.8 Å². The first-order valence-electron chi connectivity index (χ1n) is 3.26. The molecule has 4 heteroatoms. The predicted molar refractivity (Wildman–Crippen MR) is 53.5 cm³/mol. The zero-order valence-electron chi connectivity index (χ0n) is 6.10. The average Bonchev–Trinajstić information content (AvgIpc) is 2.05. The lowest BCUT2D eigenvalue weighted by molar-refractivity contribution is 1.23. The van der Waals surface area contributed by atoms with E-state index < -0.39 is 0 Å². The van der Waals surface area contributed by atoms with Gasteiger partial charge in [0.2, 0.25) is 0 Å². The zero-order valence-corrected chi connectivity index (χ0v) is 8.37. The number of pyridine rings is 1. The van der Waals surface area contributed by atoms with Gasteiger partial charge < -0.3 is 0 Å². The highest BCUT2D eigenvalue weighted by atomic mass is 35.5. The zero-order chi connectivity index (χ0) is 8.97. The molecule has 0 aromatic carbocycles. The summed E-state index contributed by atoms with van der Waals surface area (Å²) in [6, 6.07) is 3.69. The van der Waals surface area contributed by atoms with Crippen molar-refractivity contribution in [3.8, 4) is 0 Å². The third-order valence-corrected chi connectivity index (χ3v) is 1.79. The molecule has 0 N–H and O–H groups in total. The molecule has 0 saturated heterocycles. The first-order valence-corrected chi connectivity index (χ1v) is 4.55. The molecule has 1 aromatic rings. The van der Waals surface area contributed by atoms with Gasteiger partial charge in [-0.1, -0.05) is 29.3 Å². The first-order chi connectivity index (χ1) is 5.72. The van der Waals surface area contributed by atoms with E-state index >= 15 is 0 Å². The molecule has 0 bridgehead atoms.